The van der Waals surface area contributed by atoms with Crippen LogP contribution in [0.3, 0.4) is 0 Å². The molecule has 0 radical (unpaired) electrons. The van der Waals surface area contributed by atoms with Crippen molar-refractivity contribution in [1.29, 1.82) is 5.26 Å². The molecule has 3 nitrogen and oxygen atoms in total. The average Bonchev–Trinajstić information content (AvgIpc) is 1.65. The SMILES string of the molecule is C=C(C#N)C(=O)O.I. The molecule has 0 saturated heterocycles. The molecule has 4 heteroatoms. The van der Waals surface area contributed by atoms with Crippen molar-refractivity contribution in [2.45, 2.75) is 0 Å². The Labute approximate surface area is 63.6 Å². The van der Waals surface area contributed by atoms with Crippen LogP contribution in [0.2, 0.25) is 0 Å². The first-order chi connectivity index (χ1) is 3.18. The van der Waals surface area contributed by atoms with Gasteiger partial charge in [0.15, 0.2) is 0 Å². The van der Waals surface area contributed by atoms with Gasteiger partial charge in [-0.2, -0.15) is 5.26 Å². The molecular weight excluding hydrogens is 221 g/mol. The van der Waals surface area contributed by atoms with Crippen LogP contribution in [0.5, 0.6) is 0 Å². The smallest absolute Gasteiger partial charge is 0.345 e. The number of carboxylic acids is 1. The second kappa shape index (κ2) is 4.59. The molecule has 0 aromatic heterocycles. The van der Waals surface area contributed by atoms with Gasteiger partial charge in [-0.15, -0.1) is 24.0 Å². The fourth-order valence-electron chi connectivity index (χ4n) is 0.0478. The second-order valence-corrected chi connectivity index (χ2v) is 0.896. The third-order valence-electron chi connectivity index (χ3n) is 0.393. The van der Waals surface area contributed by atoms with E-state index >= 15 is 0 Å². The Morgan fingerprint density at radius 1 is 1.75 bits per heavy atom. The summed E-state index contributed by atoms with van der Waals surface area (Å²) in [6.45, 7) is 2.91. The van der Waals surface area contributed by atoms with E-state index in [0.717, 1.165) is 0 Å². The number of carboxylic acid groups (broad SMARTS) is 1. The molecular formula is C4H4INO2. The molecule has 0 unspecified atom stereocenters. The van der Waals surface area contributed by atoms with Crippen LogP contribution in [0.25, 0.3) is 0 Å². The minimum absolute atomic E-state index is 0. The van der Waals surface area contributed by atoms with Crippen LogP contribution in [0.1, 0.15) is 0 Å². The Kier molecular flexibility index (Phi) is 5.97. The quantitative estimate of drug-likeness (QED) is 0.407. The fourth-order valence-corrected chi connectivity index (χ4v) is 0.0478. The number of nitrogens with zero attached hydrogens (tertiary/aromatic N) is 1. The fraction of sp³-hybridized carbons (Fsp3) is 0. The van der Waals surface area contributed by atoms with Gasteiger partial charge in [-0.1, -0.05) is 6.58 Å². The number of hydrogen-bond donors (Lipinski definition) is 1. The molecule has 8 heavy (non-hydrogen) atoms. The third kappa shape index (κ3) is 3.61. The van der Waals surface area contributed by atoms with Crippen LogP contribution in [0.15, 0.2) is 12.2 Å². The molecule has 0 heterocycles. The Morgan fingerprint density at radius 3 is 2.12 bits per heavy atom. The van der Waals surface area contributed by atoms with Crippen LogP contribution >= 0.6 is 24.0 Å². The summed E-state index contributed by atoms with van der Waals surface area (Å²) in [6.07, 6.45) is 0. The molecule has 0 aliphatic rings. The van der Waals surface area contributed by atoms with Gasteiger partial charge in [0, 0.05) is 0 Å². The van der Waals surface area contributed by atoms with Crippen molar-refractivity contribution in [1.82, 2.24) is 0 Å². The molecule has 0 fully saturated rings. The van der Waals surface area contributed by atoms with E-state index in [2.05, 4.69) is 6.58 Å². The number of hydrogen-bond acceptors (Lipinski definition) is 2. The van der Waals surface area contributed by atoms with E-state index in [1.54, 1.807) is 0 Å². The van der Waals surface area contributed by atoms with Crippen molar-refractivity contribution >= 4 is 29.9 Å². The second-order valence-electron chi connectivity index (χ2n) is 0.896. The first kappa shape index (κ1) is 10.4. The van der Waals surface area contributed by atoms with Gasteiger partial charge in [0.25, 0.3) is 0 Å². The van der Waals surface area contributed by atoms with Gasteiger partial charge in [-0.05, 0) is 0 Å². The van der Waals surface area contributed by atoms with Crippen LogP contribution in [-0.2, 0) is 4.79 Å². The normalized spacial score (nSPS) is 5.88. The summed E-state index contributed by atoms with van der Waals surface area (Å²) in [7, 11) is 0. The molecule has 0 spiro atoms. The number of halogens is 1. The number of nitriles is 1. The van der Waals surface area contributed by atoms with E-state index in [0.29, 0.717) is 0 Å². The van der Waals surface area contributed by atoms with E-state index in [4.69, 9.17) is 10.4 Å². The average molecular weight is 225 g/mol. The maximum Gasteiger partial charge on any atom is 0.345 e. The predicted octanol–water partition coefficient (Wildman–Crippen LogP) is 0.769. The highest BCUT2D eigenvalue weighted by molar-refractivity contribution is 14.0. The van der Waals surface area contributed by atoms with Crippen LogP contribution < -0.4 is 0 Å². The summed E-state index contributed by atoms with van der Waals surface area (Å²) in [5, 5.41) is 15.6. The lowest BCUT2D eigenvalue weighted by molar-refractivity contribution is -0.132. The molecule has 0 aromatic rings. The number of rotatable bonds is 1. The van der Waals surface area contributed by atoms with Gasteiger partial charge >= 0.3 is 5.97 Å². The van der Waals surface area contributed by atoms with Gasteiger partial charge in [-0.25, -0.2) is 4.79 Å². The van der Waals surface area contributed by atoms with Crippen molar-refractivity contribution in [3.63, 3.8) is 0 Å². The van der Waals surface area contributed by atoms with E-state index in [9.17, 15) is 4.79 Å². The molecule has 0 aromatic carbocycles. The topological polar surface area (TPSA) is 61.1 Å². The van der Waals surface area contributed by atoms with Crippen LogP contribution in [0, 0.1) is 11.3 Å². The van der Waals surface area contributed by atoms with Crippen LogP contribution in [0.4, 0.5) is 0 Å². The predicted molar refractivity (Wildman–Crippen MR) is 37.8 cm³/mol. The van der Waals surface area contributed by atoms with Crippen molar-refractivity contribution in [2.75, 3.05) is 0 Å². The van der Waals surface area contributed by atoms with Gasteiger partial charge in [0.2, 0.25) is 0 Å². The van der Waals surface area contributed by atoms with Gasteiger partial charge in [-0.3, -0.25) is 0 Å². The summed E-state index contributed by atoms with van der Waals surface area (Å²) in [6, 6.07) is 1.37. The van der Waals surface area contributed by atoms with Crippen molar-refractivity contribution in [3.8, 4) is 6.07 Å². The molecule has 0 saturated carbocycles. The Balaban J connectivity index is 0. The molecule has 0 rings (SSSR count). The Hall–Kier alpha value is -0.570. The highest BCUT2D eigenvalue weighted by Gasteiger charge is 1.97. The molecule has 0 amide bonds. The summed E-state index contributed by atoms with van der Waals surface area (Å²) < 4.78 is 0. The lowest BCUT2D eigenvalue weighted by Crippen LogP contribution is -1.94. The highest BCUT2D eigenvalue weighted by atomic mass is 127. The minimum atomic E-state index is -1.26. The molecule has 0 bridgehead atoms. The maximum absolute atomic E-state index is 9.61. The van der Waals surface area contributed by atoms with E-state index in [1.807, 2.05) is 0 Å². The number of aliphatic carboxylic acids is 1. The summed E-state index contributed by atoms with van der Waals surface area (Å²) in [5.74, 6) is -1.26. The first-order valence-electron chi connectivity index (χ1n) is 1.50. The monoisotopic (exact) mass is 225 g/mol. The molecule has 0 aliphatic heterocycles. The van der Waals surface area contributed by atoms with Crippen molar-refractivity contribution in [2.24, 2.45) is 0 Å². The molecule has 0 atom stereocenters. The van der Waals surface area contributed by atoms with Crippen LogP contribution in [-0.4, -0.2) is 11.1 Å². The van der Waals surface area contributed by atoms with Gasteiger partial charge < -0.3 is 5.11 Å². The summed E-state index contributed by atoms with van der Waals surface area (Å²) in [5.41, 5.74) is -0.431. The van der Waals surface area contributed by atoms with E-state index < -0.39 is 11.5 Å². The summed E-state index contributed by atoms with van der Waals surface area (Å²) >= 11 is 0. The zero-order valence-electron chi connectivity index (χ0n) is 3.92. The number of carbonyl (C=O) groups is 1. The van der Waals surface area contributed by atoms with Crippen molar-refractivity contribution in [3.05, 3.63) is 12.2 Å². The summed E-state index contributed by atoms with van der Waals surface area (Å²) in [4.78, 5) is 9.61. The molecule has 1 N–H and O–H groups in total. The molecule has 44 valence electrons. The minimum Gasteiger partial charge on any atom is -0.477 e. The Morgan fingerprint density at radius 2 is 2.12 bits per heavy atom. The van der Waals surface area contributed by atoms with Gasteiger partial charge in [0.05, 0.1) is 0 Å². The highest BCUT2D eigenvalue weighted by Crippen LogP contribution is 1.81. The standard InChI is InChI=1S/C4H3NO2.HI/c1-3(2-5)4(6)7;/h1H2,(H,6,7);1H. The lowest BCUT2D eigenvalue weighted by Gasteiger charge is -1.76. The zero-order valence-corrected chi connectivity index (χ0v) is 6.25. The van der Waals surface area contributed by atoms with Crippen molar-refractivity contribution < 1.29 is 9.90 Å². The van der Waals surface area contributed by atoms with E-state index in [-0.39, 0.29) is 24.0 Å². The lowest BCUT2D eigenvalue weighted by atomic mass is 10.4. The zero-order chi connectivity index (χ0) is 5.86. The Bertz CT molecular complexity index is 147. The first-order valence-corrected chi connectivity index (χ1v) is 1.50. The maximum atomic E-state index is 9.61. The van der Waals surface area contributed by atoms with E-state index in [1.165, 1.54) is 6.07 Å². The third-order valence-corrected chi connectivity index (χ3v) is 0.393. The van der Waals surface area contributed by atoms with Gasteiger partial charge in [0.1, 0.15) is 11.6 Å². The molecule has 0 aliphatic carbocycles. The largest absolute Gasteiger partial charge is 0.477 e.